The van der Waals surface area contributed by atoms with Crippen LogP contribution in [0.15, 0.2) is 27.7 Å². The van der Waals surface area contributed by atoms with E-state index in [0.29, 0.717) is 18.1 Å². The van der Waals surface area contributed by atoms with E-state index in [4.69, 9.17) is 0 Å². The number of guanidine groups is 1. The van der Waals surface area contributed by atoms with Gasteiger partial charge in [0.2, 0.25) is 0 Å². The summed E-state index contributed by atoms with van der Waals surface area (Å²) in [6.45, 7) is 1.24. The van der Waals surface area contributed by atoms with Gasteiger partial charge in [0.1, 0.15) is 5.82 Å². The van der Waals surface area contributed by atoms with Gasteiger partial charge in [0.05, 0.1) is 0 Å². The molecule has 19 heavy (non-hydrogen) atoms. The zero-order valence-electron chi connectivity index (χ0n) is 10.9. The molecule has 108 valence electrons. The summed E-state index contributed by atoms with van der Waals surface area (Å²) in [5, 5.41) is 6.24. The van der Waals surface area contributed by atoms with Crippen molar-refractivity contribution in [2.45, 2.75) is 6.54 Å². The van der Waals surface area contributed by atoms with Gasteiger partial charge < -0.3 is 10.6 Å². The Balaban J connectivity index is 0.00000324. The second kappa shape index (κ2) is 10.7. The molecule has 0 aliphatic rings. The van der Waals surface area contributed by atoms with Crippen molar-refractivity contribution in [1.82, 2.24) is 10.6 Å². The van der Waals surface area contributed by atoms with Crippen molar-refractivity contribution >= 4 is 57.6 Å². The van der Waals surface area contributed by atoms with Gasteiger partial charge in [-0.15, -0.1) is 24.0 Å². The highest BCUT2D eigenvalue weighted by molar-refractivity contribution is 14.0. The highest BCUT2D eigenvalue weighted by atomic mass is 127. The molecule has 0 saturated heterocycles. The maximum atomic E-state index is 13.5. The molecule has 0 radical (unpaired) electrons. The summed E-state index contributed by atoms with van der Waals surface area (Å²) in [7, 11) is 1.70. The van der Waals surface area contributed by atoms with E-state index >= 15 is 0 Å². The van der Waals surface area contributed by atoms with Gasteiger partial charge in [0.25, 0.3) is 0 Å². The van der Waals surface area contributed by atoms with E-state index in [2.05, 4.69) is 37.8 Å². The average Bonchev–Trinajstić information content (AvgIpc) is 2.37. The molecule has 2 N–H and O–H groups in total. The molecule has 0 aromatic heterocycles. The summed E-state index contributed by atoms with van der Waals surface area (Å²) in [4.78, 5) is 4.08. The number of nitrogens with one attached hydrogen (secondary N) is 2. The fraction of sp³-hybridized carbons (Fsp3) is 0.417. The molecule has 3 nitrogen and oxygen atoms in total. The molecule has 7 heteroatoms. The van der Waals surface area contributed by atoms with Crippen LogP contribution in [0.3, 0.4) is 0 Å². The lowest BCUT2D eigenvalue weighted by Gasteiger charge is -2.12. The maximum absolute atomic E-state index is 13.5. The SMILES string of the molecule is CN=C(NCCSC)NCc1cc(Br)ccc1F.I. The van der Waals surface area contributed by atoms with Crippen molar-refractivity contribution in [2.24, 2.45) is 4.99 Å². The largest absolute Gasteiger partial charge is 0.356 e. The van der Waals surface area contributed by atoms with Gasteiger partial charge in [-0.05, 0) is 24.5 Å². The third-order valence-corrected chi connectivity index (χ3v) is 3.38. The molecule has 0 fully saturated rings. The number of aliphatic imine (C=N–C) groups is 1. The molecule has 1 aromatic carbocycles. The second-order valence-corrected chi connectivity index (χ2v) is 5.48. The molecule has 0 bridgehead atoms. The highest BCUT2D eigenvalue weighted by Gasteiger charge is 2.04. The van der Waals surface area contributed by atoms with E-state index in [1.54, 1.807) is 30.9 Å². The van der Waals surface area contributed by atoms with Crippen LogP contribution in [0.5, 0.6) is 0 Å². The quantitative estimate of drug-likeness (QED) is 0.306. The minimum atomic E-state index is -0.217. The van der Waals surface area contributed by atoms with Crippen LogP contribution in [0.1, 0.15) is 5.56 Å². The molecule has 1 aromatic rings. The Morgan fingerprint density at radius 2 is 2.16 bits per heavy atom. The fourth-order valence-electron chi connectivity index (χ4n) is 1.35. The molecule has 0 atom stereocenters. The van der Waals surface area contributed by atoms with Gasteiger partial charge in [-0.2, -0.15) is 11.8 Å². The monoisotopic (exact) mass is 461 g/mol. The summed E-state index contributed by atoms with van der Waals surface area (Å²) in [6, 6.07) is 4.90. The Morgan fingerprint density at radius 1 is 1.42 bits per heavy atom. The average molecular weight is 462 g/mol. The van der Waals surface area contributed by atoms with Crippen LogP contribution >= 0.6 is 51.7 Å². The Hall–Kier alpha value is -0.0200. The summed E-state index contributed by atoms with van der Waals surface area (Å²) in [5.74, 6) is 1.47. The first kappa shape index (κ1) is 19.0. The van der Waals surface area contributed by atoms with Gasteiger partial charge in [-0.25, -0.2) is 4.39 Å². The Kier molecular flexibility index (Phi) is 10.7. The summed E-state index contributed by atoms with van der Waals surface area (Å²) >= 11 is 5.09. The van der Waals surface area contributed by atoms with Crippen molar-refractivity contribution in [3.8, 4) is 0 Å². The summed E-state index contributed by atoms with van der Waals surface area (Å²) < 4.78 is 14.4. The van der Waals surface area contributed by atoms with Gasteiger partial charge in [-0.1, -0.05) is 15.9 Å². The molecule has 1 rings (SSSR count). The van der Waals surface area contributed by atoms with E-state index < -0.39 is 0 Å². The molecular weight excluding hydrogens is 444 g/mol. The van der Waals surface area contributed by atoms with Crippen molar-refractivity contribution < 1.29 is 4.39 Å². The van der Waals surface area contributed by atoms with Gasteiger partial charge in [0, 0.05) is 35.9 Å². The molecule has 0 unspecified atom stereocenters. The first-order valence-corrected chi connectivity index (χ1v) is 7.73. The smallest absolute Gasteiger partial charge is 0.191 e. The van der Waals surface area contributed by atoms with Crippen LogP contribution < -0.4 is 10.6 Å². The topological polar surface area (TPSA) is 36.4 Å². The Labute approximate surface area is 143 Å². The molecule has 0 spiro atoms. The predicted octanol–water partition coefficient (Wildman–Crippen LogP) is 3.23. The summed E-state index contributed by atoms with van der Waals surface area (Å²) in [6.07, 6.45) is 2.05. The van der Waals surface area contributed by atoms with E-state index in [-0.39, 0.29) is 29.8 Å². The van der Waals surface area contributed by atoms with Crippen LogP contribution in [-0.2, 0) is 6.54 Å². The second-order valence-electron chi connectivity index (χ2n) is 3.58. The lowest BCUT2D eigenvalue weighted by Crippen LogP contribution is -2.38. The number of rotatable bonds is 5. The number of thioether (sulfide) groups is 1. The van der Waals surface area contributed by atoms with Gasteiger partial charge in [-0.3, -0.25) is 4.99 Å². The van der Waals surface area contributed by atoms with Crippen LogP contribution in [0.25, 0.3) is 0 Å². The predicted molar refractivity (Wildman–Crippen MR) is 96.1 cm³/mol. The number of nitrogens with zero attached hydrogens (tertiary/aromatic N) is 1. The lowest BCUT2D eigenvalue weighted by atomic mass is 10.2. The number of benzene rings is 1. The lowest BCUT2D eigenvalue weighted by molar-refractivity contribution is 0.604. The normalized spacial score (nSPS) is 10.8. The molecule has 0 heterocycles. The van der Waals surface area contributed by atoms with Crippen LogP contribution in [0.2, 0.25) is 0 Å². The van der Waals surface area contributed by atoms with Crippen LogP contribution in [0, 0.1) is 5.82 Å². The molecular formula is C12H18BrFIN3S. The first-order valence-electron chi connectivity index (χ1n) is 5.54. The van der Waals surface area contributed by atoms with Crippen molar-refractivity contribution in [2.75, 3.05) is 25.6 Å². The van der Waals surface area contributed by atoms with E-state index in [1.165, 1.54) is 6.07 Å². The minimum Gasteiger partial charge on any atom is -0.356 e. The Bertz CT molecular complexity index is 418. The standard InChI is InChI=1S/C12H17BrFN3S.HI/c1-15-12(16-5-6-18-2)17-8-9-7-10(13)3-4-11(9)14;/h3-4,7H,5-6,8H2,1-2H3,(H2,15,16,17);1H. The molecule has 0 saturated carbocycles. The highest BCUT2D eigenvalue weighted by Crippen LogP contribution is 2.15. The van der Waals surface area contributed by atoms with E-state index in [9.17, 15) is 4.39 Å². The minimum absolute atomic E-state index is 0. The Morgan fingerprint density at radius 3 is 2.79 bits per heavy atom. The van der Waals surface area contributed by atoms with Crippen molar-refractivity contribution in [3.63, 3.8) is 0 Å². The van der Waals surface area contributed by atoms with Crippen LogP contribution in [-0.4, -0.2) is 31.6 Å². The van der Waals surface area contributed by atoms with Crippen molar-refractivity contribution in [1.29, 1.82) is 0 Å². The van der Waals surface area contributed by atoms with E-state index in [1.807, 2.05) is 0 Å². The fourth-order valence-corrected chi connectivity index (χ4v) is 2.06. The van der Waals surface area contributed by atoms with Gasteiger partial charge in [0.15, 0.2) is 5.96 Å². The first-order chi connectivity index (χ1) is 8.67. The number of hydrogen-bond acceptors (Lipinski definition) is 2. The van der Waals surface area contributed by atoms with Gasteiger partial charge >= 0.3 is 0 Å². The maximum Gasteiger partial charge on any atom is 0.191 e. The van der Waals surface area contributed by atoms with Crippen molar-refractivity contribution in [3.05, 3.63) is 34.1 Å². The number of hydrogen-bond donors (Lipinski definition) is 2. The summed E-state index contributed by atoms with van der Waals surface area (Å²) in [5.41, 5.74) is 0.609. The third-order valence-electron chi connectivity index (χ3n) is 2.28. The zero-order valence-corrected chi connectivity index (χ0v) is 15.6. The third kappa shape index (κ3) is 7.36. The van der Waals surface area contributed by atoms with Crippen LogP contribution in [0.4, 0.5) is 4.39 Å². The molecule has 0 aliphatic heterocycles. The number of halogens is 3. The van der Waals surface area contributed by atoms with E-state index in [0.717, 1.165) is 16.8 Å². The zero-order chi connectivity index (χ0) is 13.4. The molecule has 0 aliphatic carbocycles. The molecule has 0 amide bonds.